The van der Waals surface area contributed by atoms with Gasteiger partial charge in [0.2, 0.25) is 0 Å². The van der Waals surface area contributed by atoms with Crippen molar-refractivity contribution in [2.45, 2.75) is 44.8 Å². The van der Waals surface area contributed by atoms with Crippen LogP contribution in [-0.4, -0.2) is 22.8 Å². The fraction of sp³-hybridized carbons (Fsp3) is 0.304. The molecule has 4 rings (SSSR count). The molecule has 0 bridgehead atoms. The maximum absolute atomic E-state index is 12.4. The van der Waals surface area contributed by atoms with Crippen molar-refractivity contribution >= 4 is 16.9 Å². The predicted molar refractivity (Wildman–Crippen MR) is 107 cm³/mol. The average molecular weight is 394 g/mol. The summed E-state index contributed by atoms with van der Waals surface area (Å²) in [6.07, 6.45) is 0.860. The topological polar surface area (TPSA) is 86.0 Å². The summed E-state index contributed by atoms with van der Waals surface area (Å²) in [5.41, 5.74) is 1.20. The molecule has 29 heavy (non-hydrogen) atoms. The number of rotatable bonds is 4. The summed E-state index contributed by atoms with van der Waals surface area (Å²) in [4.78, 5) is 23.9. The number of phenols is 1. The van der Waals surface area contributed by atoms with Crippen LogP contribution in [0.3, 0.4) is 0 Å². The molecule has 0 radical (unpaired) electrons. The molecule has 1 atom stereocenters. The molecule has 0 saturated carbocycles. The van der Waals surface area contributed by atoms with Crippen LogP contribution in [0.4, 0.5) is 0 Å². The van der Waals surface area contributed by atoms with E-state index in [4.69, 9.17) is 13.9 Å². The zero-order valence-electron chi connectivity index (χ0n) is 16.3. The molecule has 2 heterocycles. The van der Waals surface area contributed by atoms with E-state index in [-0.39, 0.29) is 18.1 Å². The number of hydrogen-bond acceptors (Lipinski definition) is 6. The summed E-state index contributed by atoms with van der Waals surface area (Å²) in [5, 5.41) is 10.1. The van der Waals surface area contributed by atoms with Crippen LogP contribution in [0.15, 0.2) is 57.7 Å². The molecular formula is C23H22O6. The van der Waals surface area contributed by atoms with Gasteiger partial charge in [-0.1, -0.05) is 12.1 Å². The van der Waals surface area contributed by atoms with Gasteiger partial charge in [0.05, 0.1) is 0 Å². The number of carbonyl (C=O) groups is 1. The minimum atomic E-state index is -0.718. The molecule has 6 heteroatoms. The van der Waals surface area contributed by atoms with E-state index in [0.29, 0.717) is 24.2 Å². The molecule has 2 aromatic carbocycles. The van der Waals surface area contributed by atoms with Gasteiger partial charge in [-0.15, -0.1) is 0 Å². The van der Waals surface area contributed by atoms with E-state index >= 15 is 0 Å². The minimum absolute atomic E-state index is 0.197. The number of esters is 1. The Morgan fingerprint density at radius 2 is 1.93 bits per heavy atom. The lowest BCUT2D eigenvalue weighted by atomic mass is 9.90. The van der Waals surface area contributed by atoms with Crippen molar-refractivity contribution in [1.82, 2.24) is 0 Å². The Kier molecular flexibility index (Phi) is 4.78. The van der Waals surface area contributed by atoms with Crippen LogP contribution in [0.1, 0.15) is 31.4 Å². The standard InChI is InChI=1S/C23H22O6/c1-23(2)20(28-22(26)9-5-14-3-7-17(24)8-4-14)12-16-11-15-6-10-21(25)27-18(15)13-19(16)29-23/h3-4,6-8,10-11,13,20,24H,5,9,12H2,1-2H3/t20-/m0/s1. The largest absolute Gasteiger partial charge is 0.508 e. The molecule has 0 aliphatic carbocycles. The average Bonchev–Trinajstić information content (AvgIpc) is 2.66. The minimum Gasteiger partial charge on any atom is -0.508 e. The fourth-order valence-corrected chi connectivity index (χ4v) is 3.50. The molecule has 150 valence electrons. The second kappa shape index (κ2) is 7.28. The first kappa shape index (κ1) is 19.1. The molecule has 1 N–H and O–H groups in total. The Morgan fingerprint density at radius 1 is 1.17 bits per heavy atom. The highest BCUT2D eigenvalue weighted by atomic mass is 16.6. The number of aromatic hydroxyl groups is 1. The first-order chi connectivity index (χ1) is 13.8. The van der Waals surface area contributed by atoms with Gasteiger partial charge in [-0.25, -0.2) is 4.79 Å². The van der Waals surface area contributed by atoms with E-state index < -0.39 is 17.3 Å². The lowest BCUT2D eigenvalue weighted by molar-refractivity contribution is -0.161. The van der Waals surface area contributed by atoms with Crippen molar-refractivity contribution in [1.29, 1.82) is 0 Å². The van der Waals surface area contributed by atoms with E-state index in [1.165, 1.54) is 6.07 Å². The Morgan fingerprint density at radius 3 is 2.69 bits per heavy atom. The summed E-state index contributed by atoms with van der Waals surface area (Å²) in [7, 11) is 0. The molecule has 0 saturated heterocycles. The molecule has 0 fully saturated rings. The highest BCUT2D eigenvalue weighted by Gasteiger charge is 2.40. The van der Waals surface area contributed by atoms with E-state index in [2.05, 4.69) is 0 Å². The summed E-state index contributed by atoms with van der Waals surface area (Å²) in [6, 6.07) is 13.5. The lowest BCUT2D eigenvalue weighted by Crippen LogP contribution is -2.48. The molecular weight excluding hydrogens is 372 g/mol. The van der Waals surface area contributed by atoms with Gasteiger partial charge < -0.3 is 19.0 Å². The molecule has 0 unspecified atom stereocenters. The number of carbonyl (C=O) groups excluding carboxylic acids is 1. The van der Waals surface area contributed by atoms with Gasteiger partial charge in [-0.2, -0.15) is 0 Å². The van der Waals surface area contributed by atoms with Gasteiger partial charge in [0, 0.05) is 30.4 Å². The Bertz CT molecular complexity index is 1110. The monoisotopic (exact) mass is 394 g/mol. The van der Waals surface area contributed by atoms with Crippen LogP contribution < -0.4 is 10.4 Å². The number of phenolic OH excluding ortho intramolecular Hbond substituents is 1. The molecule has 0 spiro atoms. The van der Waals surface area contributed by atoms with Gasteiger partial charge in [0.15, 0.2) is 0 Å². The van der Waals surface area contributed by atoms with Gasteiger partial charge in [-0.05, 0) is 55.7 Å². The Labute approximate surface area is 167 Å². The van der Waals surface area contributed by atoms with Crippen molar-refractivity contribution in [3.63, 3.8) is 0 Å². The van der Waals surface area contributed by atoms with E-state index in [0.717, 1.165) is 16.5 Å². The fourth-order valence-electron chi connectivity index (χ4n) is 3.50. The first-order valence-electron chi connectivity index (χ1n) is 9.53. The van der Waals surface area contributed by atoms with Gasteiger partial charge in [0.1, 0.15) is 28.8 Å². The van der Waals surface area contributed by atoms with E-state index in [1.807, 2.05) is 19.9 Å². The van der Waals surface area contributed by atoms with Crippen LogP contribution in [0.2, 0.25) is 0 Å². The van der Waals surface area contributed by atoms with Gasteiger partial charge >= 0.3 is 11.6 Å². The maximum atomic E-state index is 12.4. The molecule has 1 aromatic heterocycles. The van der Waals surface area contributed by atoms with Crippen molar-refractivity contribution in [3.8, 4) is 11.5 Å². The Hall–Kier alpha value is -3.28. The summed E-state index contributed by atoms with van der Waals surface area (Å²) >= 11 is 0. The quantitative estimate of drug-likeness (QED) is 0.536. The summed E-state index contributed by atoms with van der Waals surface area (Å²) < 4.78 is 17.1. The Balaban J connectivity index is 1.48. The van der Waals surface area contributed by atoms with Crippen molar-refractivity contribution in [2.75, 3.05) is 0 Å². The van der Waals surface area contributed by atoms with Crippen molar-refractivity contribution in [2.24, 2.45) is 0 Å². The zero-order chi connectivity index (χ0) is 20.6. The maximum Gasteiger partial charge on any atom is 0.336 e. The third-order valence-electron chi connectivity index (χ3n) is 5.18. The number of benzene rings is 2. The van der Waals surface area contributed by atoms with Gasteiger partial charge in [0.25, 0.3) is 0 Å². The molecule has 6 nitrogen and oxygen atoms in total. The second-order valence-electron chi connectivity index (χ2n) is 7.81. The highest BCUT2D eigenvalue weighted by Crippen LogP contribution is 2.37. The van der Waals surface area contributed by atoms with Gasteiger partial charge in [-0.3, -0.25) is 4.79 Å². The molecule has 0 amide bonds. The predicted octanol–water partition coefficient (Wildman–Crippen LogP) is 3.76. The normalized spacial score (nSPS) is 17.4. The summed E-state index contributed by atoms with van der Waals surface area (Å²) in [5.74, 6) is 0.533. The number of hydrogen-bond donors (Lipinski definition) is 1. The SMILES string of the molecule is CC1(C)Oc2cc3oc(=O)ccc3cc2C[C@@H]1OC(=O)CCc1ccc(O)cc1. The number of aryl methyl sites for hydroxylation is 1. The van der Waals surface area contributed by atoms with E-state index in [9.17, 15) is 14.7 Å². The van der Waals surface area contributed by atoms with Crippen molar-refractivity contribution < 1.29 is 23.8 Å². The van der Waals surface area contributed by atoms with E-state index in [1.54, 1.807) is 36.4 Å². The first-order valence-corrected chi connectivity index (χ1v) is 9.53. The van der Waals surface area contributed by atoms with Crippen LogP contribution in [-0.2, 0) is 22.4 Å². The third-order valence-corrected chi connectivity index (χ3v) is 5.18. The van der Waals surface area contributed by atoms with Crippen LogP contribution >= 0.6 is 0 Å². The lowest BCUT2D eigenvalue weighted by Gasteiger charge is -2.39. The van der Waals surface area contributed by atoms with Crippen molar-refractivity contribution in [3.05, 3.63) is 70.1 Å². The third kappa shape index (κ3) is 4.11. The zero-order valence-corrected chi connectivity index (χ0v) is 16.3. The molecule has 1 aliphatic heterocycles. The second-order valence-corrected chi connectivity index (χ2v) is 7.81. The van der Waals surface area contributed by atoms with Crippen LogP contribution in [0.25, 0.3) is 11.0 Å². The summed E-state index contributed by atoms with van der Waals surface area (Å²) in [6.45, 7) is 3.75. The smallest absolute Gasteiger partial charge is 0.336 e. The number of ether oxygens (including phenoxy) is 2. The molecule has 1 aliphatic rings. The molecule has 3 aromatic rings. The number of fused-ring (bicyclic) bond motifs is 2. The van der Waals surface area contributed by atoms with Crippen LogP contribution in [0, 0.1) is 0 Å². The highest BCUT2D eigenvalue weighted by molar-refractivity contribution is 5.79. The van der Waals surface area contributed by atoms with Crippen LogP contribution in [0.5, 0.6) is 11.5 Å².